The van der Waals surface area contributed by atoms with Gasteiger partial charge in [0.1, 0.15) is 0 Å². The first-order valence-corrected chi connectivity index (χ1v) is 11.5. The number of hydrogen-bond donors (Lipinski definition) is 0. The Labute approximate surface area is 219 Å². The van der Waals surface area contributed by atoms with Crippen molar-refractivity contribution in [1.82, 2.24) is 0 Å². The highest BCUT2D eigenvalue weighted by Crippen LogP contribution is 2.33. The highest BCUT2D eigenvalue weighted by Gasteiger charge is 2.31. The van der Waals surface area contributed by atoms with Gasteiger partial charge in [-0.2, -0.15) is 8.78 Å². The maximum Gasteiger partial charge on any atom is 0.285 e. The third-order valence-electron chi connectivity index (χ3n) is 5.94. The first-order valence-electron chi connectivity index (χ1n) is 11.5. The van der Waals surface area contributed by atoms with Gasteiger partial charge in [-0.15, -0.1) is 0 Å². The van der Waals surface area contributed by atoms with Gasteiger partial charge in [-0.1, -0.05) is 30.3 Å². The maximum absolute atomic E-state index is 14.6. The second-order valence-electron chi connectivity index (χ2n) is 8.55. The molecule has 4 aromatic carbocycles. The van der Waals surface area contributed by atoms with Gasteiger partial charge in [-0.25, -0.2) is 22.0 Å². The summed E-state index contributed by atoms with van der Waals surface area (Å²) in [5, 5.41) is 0. The molecule has 0 bridgehead atoms. The van der Waals surface area contributed by atoms with Gasteiger partial charge in [0.05, 0.1) is 14.2 Å². The lowest BCUT2D eigenvalue weighted by Crippen LogP contribution is -2.28. The number of rotatable bonds is 9. The normalized spacial score (nSPS) is 11.4. The van der Waals surface area contributed by atoms with E-state index in [9.17, 15) is 30.7 Å². The topological polar surface area (TPSA) is 27.7 Å². The van der Waals surface area contributed by atoms with Crippen LogP contribution in [0.4, 0.5) is 30.7 Å². The molecular formula is C29H21F7O3. The van der Waals surface area contributed by atoms with E-state index in [1.807, 2.05) is 0 Å². The summed E-state index contributed by atoms with van der Waals surface area (Å²) in [5.74, 6) is -10.3. The second-order valence-corrected chi connectivity index (χ2v) is 8.55. The molecule has 0 heterocycles. The van der Waals surface area contributed by atoms with E-state index < -0.39 is 53.8 Å². The molecule has 0 aromatic heterocycles. The summed E-state index contributed by atoms with van der Waals surface area (Å²) in [7, 11) is 2.37. The smallest absolute Gasteiger partial charge is 0.285 e. The van der Waals surface area contributed by atoms with Gasteiger partial charge in [0, 0.05) is 17.5 Å². The minimum atomic E-state index is -3.42. The van der Waals surface area contributed by atoms with Gasteiger partial charge in [0.25, 0.3) is 5.92 Å². The molecule has 0 N–H and O–H groups in total. The molecule has 0 fully saturated rings. The number of hydrogen-bond acceptors (Lipinski definition) is 3. The Bertz CT molecular complexity index is 1490. The SMILES string of the molecule is COc1ccc(-c2ccc(CC(F)(F)COc3ccc(-c4ccc(OC)c(F)c4F)cc3F)cc2)c(F)c1F. The van der Waals surface area contributed by atoms with Gasteiger partial charge in [-0.05, 0) is 53.1 Å². The first kappa shape index (κ1) is 27.8. The number of benzene rings is 4. The Balaban J connectivity index is 1.43. The Morgan fingerprint density at radius 2 is 1.08 bits per heavy atom. The number of methoxy groups -OCH3 is 2. The molecular weight excluding hydrogens is 529 g/mol. The number of alkyl halides is 2. The summed E-state index contributed by atoms with van der Waals surface area (Å²) in [6.45, 7) is -1.17. The van der Waals surface area contributed by atoms with Crippen LogP contribution < -0.4 is 14.2 Å². The summed E-state index contributed by atoms with van der Waals surface area (Å²) in [5.41, 5.74) is 0.108. The molecule has 0 unspecified atom stereocenters. The maximum atomic E-state index is 14.6. The fourth-order valence-corrected chi connectivity index (χ4v) is 3.95. The van der Waals surface area contributed by atoms with E-state index in [0.717, 1.165) is 12.1 Å². The van der Waals surface area contributed by atoms with Crippen LogP contribution in [0.15, 0.2) is 66.7 Å². The Morgan fingerprint density at radius 3 is 1.59 bits per heavy atom. The van der Waals surface area contributed by atoms with Gasteiger partial charge in [0.2, 0.25) is 11.6 Å². The van der Waals surface area contributed by atoms with Gasteiger partial charge >= 0.3 is 0 Å². The molecule has 10 heteroatoms. The summed E-state index contributed by atoms with van der Waals surface area (Å²) < 4.78 is 115. The van der Waals surface area contributed by atoms with Crippen LogP contribution >= 0.6 is 0 Å². The number of ether oxygens (including phenoxy) is 3. The number of halogens is 7. The van der Waals surface area contributed by atoms with Crippen LogP contribution in [-0.2, 0) is 6.42 Å². The second kappa shape index (κ2) is 11.3. The molecule has 0 radical (unpaired) electrons. The minimum absolute atomic E-state index is 0.0288. The van der Waals surface area contributed by atoms with Crippen molar-refractivity contribution in [2.24, 2.45) is 0 Å². The lowest BCUT2D eigenvalue weighted by atomic mass is 10.0. The lowest BCUT2D eigenvalue weighted by molar-refractivity contribution is -0.0408. The highest BCUT2D eigenvalue weighted by atomic mass is 19.3. The van der Waals surface area contributed by atoms with Crippen molar-refractivity contribution < 1.29 is 44.9 Å². The van der Waals surface area contributed by atoms with Crippen molar-refractivity contribution in [2.75, 3.05) is 20.8 Å². The van der Waals surface area contributed by atoms with E-state index in [2.05, 4.69) is 0 Å². The molecule has 0 aliphatic heterocycles. The third-order valence-corrected chi connectivity index (χ3v) is 5.94. The molecule has 0 atom stereocenters. The van der Waals surface area contributed by atoms with Crippen LogP contribution in [-0.4, -0.2) is 26.7 Å². The summed E-state index contributed by atoms with van der Waals surface area (Å²) >= 11 is 0. The predicted molar refractivity (Wildman–Crippen MR) is 131 cm³/mol. The average Bonchev–Trinajstić information content (AvgIpc) is 2.91. The quantitative estimate of drug-likeness (QED) is 0.198. The zero-order valence-corrected chi connectivity index (χ0v) is 20.6. The molecule has 3 nitrogen and oxygen atoms in total. The summed E-state index contributed by atoms with van der Waals surface area (Å²) in [6.07, 6.45) is -0.775. The Morgan fingerprint density at radius 1 is 0.590 bits per heavy atom. The van der Waals surface area contributed by atoms with Crippen molar-refractivity contribution >= 4 is 0 Å². The van der Waals surface area contributed by atoms with Crippen LogP contribution in [0.5, 0.6) is 17.2 Å². The van der Waals surface area contributed by atoms with E-state index >= 15 is 0 Å². The molecule has 204 valence electrons. The van der Waals surface area contributed by atoms with Crippen LogP contribution in [0.25, 0.3) is 22.3 Å². The Kier molecular flexibility index (Phi) is 8.03. The van der Waals surface area contributed by atoms with Crippen LogP contribution in [0, 0.1) is 29.1 Å². The molecule has 0 spiro atoms. The fourth-order valence-electron chi connectivity index (χ4n) is 3.95. The van der Waals surface area contributed by atoms with E-state index in [4.69, 9.17) is 14.2 Å². The van der Waals surface area contributed by atoms with Crippen LogP contribution in [0.2, 0.25) is 0 Å². The van der Waals surface area contributed by atoms with E-state index in [-0.39, 0.29) is 39.3 Å². The zero-order chi connectivity index (χ0) is 28.3. The van der Waals surface area contributed by atoms with Crippen LogP contribution in [0.3, 0.4) is 0 Å². The third kappa shape index (κ3) is 5.94. The monoisotopic (exact) mass is 550 g/mol. The highest BCUT2D eigenvalue weighted by molar-refractivity contribution is 5.67. The van der Waals surface area contributed by atoms with Crippen LogP contribution in [0.1, 0.15) is 5.56 Å². The first-order chi connectivity index (χ1) is 18.5. The summed E-state index contributed by atoms with van der Waals surface area (Å²) in [4.78, 5) is 0. The van der Waals surface area contributed by atoms with E-state index in [1.54, 1.807) is 0 Å². The van der Waals surface area contributed by atoms with Crippen molar-refractivity contribution in [3.8, 4) is 39.5 Å². The molecule has 0 aliphatic carbocycles. The zero-order valence-electron chi connectivity index (χ0n) is 20.6. The van der Waals surface area contributed by atoms with E-state index in [0.29, 0.717) is 0 Å². The molecule has 4 aromatic rings. The van der Waals surface area contributed by atoms with Crippen molar-refractivity contribution in [1.29, 1.82) is 0 Å². The van der Waals surface area contributed by atoms with Gasteiger partial charge in [-0.3, -0.25) is 0 Å². The molecule has 0 aliphatic rings. The largest absolute Gasteiger partial charge is 0.494 e. The predicted octanol–water partition coefficient (Wildman–Crippen LogP) is 7.99. The summed E-state index contributed by atoms with van der Waals surface area (Å²) in [6, 6.07) is 13.5. The molecule has 0 saturated heterocycles. The Hall–Kier alpha value is -4.21. The van der Waals surface area contributed by atoms with Gasteiger partial charge < -0.3 is 14.2 Å². The molecule has 4 rings (SSSR count). The molecule has 0 amide bonds. The fraction of sp³-hybridized carbons (Fsp3) is 0.172. The van der Waals surface area contributed by atoms with Gasteiger partial charge in [0.15, 0.2) is 41.3 Å². The minimum Gasteiger partial charge on any atom is -0.494 e. The lowest BCUT2D eigenvalue weighted by Gasteiger charge is -2.18. The van der Waals surface area contributed by atoms with Crippen molar-refractivity contribution in [3.63, 3.8) is 0 Å². The molecule has 39 heavy (non-hydrogen) atoms. The standard InChI is InChI=1S/C29H21F7O3/c1-37-23-11-8-19(25(31)27(23)33)17-5-3-16(4-6-17)14-29(35,36)15-39-22-10-7-18(13-21(22)30)20-9-12-24(38-2)28(34)26(20)32/h3-13H,14-15H2,1-2H3. The van der Waals surface area contributed by atoms with E-state index in [1.165, 1.54) is 68.8 Å². The van der Waals surface area contributed by atoms with Crippen molar-refractivity contribution in [3.05, 3.63) is 101 Å². The van der Waals surface area contributed by atoms with Crippen molar-refractivity contribution in [2.45, 2.75) is 12.3 Å². The average molecular weight is 550 g/mol. The molecule has 0 saturated carbocycles.